The lowest BCUT2D eigenvalue weighted by Crippen LogP contribution is -2.75. The maximum atomic E-state index is 12.2. The van der Waals surface area contributed by atoms with Crippen LogP contribution >= 0.6 is 0 Å². The molecule has 1 amide bonds. The fraction of sp³-hybridized carbons (Fsp3) is 0.632. The van der Waals surface area contributed by atoms with Gasteiger partial charge >= 0.3 is 0 Å². The van der Waals surface area contributed by atoms with Gasteiger partial charge in [0.25, 0.3) is 5.79 Å². The fourth-order valence-electron chi connectivity index (χ4n) is 3.77. The summed E-state index contributed by atoms with van der Waals surface area (Å²) in [5.74, 6) is -0.248. The molecule has 2 heterocycles. The van der Waals surface area contributed by atoms with Crippen molar-refractivity contribution in [2.75, 3.05) is 27.3 Å². The zero-order chi connectivity index (χ0) is 18.3. The van der Waals surface area contributed by atoms with Crippen molar-refractivity contribution in [2.24, 2.45) is 5.41 Å². The summed E-state index contributed by atoms with van der Waals surface area (Å²) in [6, 6.07) is 7.58. The van der Waals surface area contributed by atoms with Gasteiger partial charge in [-0.15, -0.1) is 0 Å². The van der Waals surface area contributed by atoms with E-state index in [0.29, 0.717) is 18.7 Å². The minimum absolute atomic E-state index is 0.148. The van der Waals surface area contributed by atoms with Crippen molar-refractivity contribution in [3.63, 3.8) is 0 Å². The minimum atomic E-state index is -1.11. The lowest BCUT2D eigenvalue weighted by atomic mass is 9.67. The molecule has 0 bridgehead atoms. The minimum Gasteiger partial charge on any atom is -0.497 e. The molecule has 1 aromatic rings. The molecule has 0 N–H and O–H groups in total. The summed E-state index contributed by atoms with van der Waals surface area (Å²) in [6.07, 6.45) is 1.46. The van der Waals surface area contributed by atoms with E-state index < -0.39 is 11.4 Å². The number of rotatable bonds is 5. The van der Waals surface area contributed by atoms with Crippen molar-refractivity contribution < 1.29 is 24.0 Å². The van der Waals surface area contributed by atoms with Gasteiger partial charge in [-0.1, -0.05) is 32.9 Å². The summed E-state index contributed by atoms with van der Waals surface area (Å²) in [5, 5.41) is 0. The molecule has 6 heteroatoms. The normalized spacial score (nSPS) is 29.6. The van der Waals surface area contributed by atoms with Crippen molar-refractivity contribution in [2.45, 2.75) is 45.0 Å². The number of hydrogen-bond acceptors (Lipinski definition) is 5. The standard InChI is InChI=1S/C19H27NO5/c1-17(2,3)18(13-20-11-7-10-16(20)21)19(23-5,25-24-18)14-8-6-9-15(12-14)22-4/h6,8-9,12H,7,10-11,13H2,1-5H3. The quantitative estimate of drug-likeness (QED) is 0.765. The molecule has 2 fully saturated rings. The average molecular weight is 349 g/mol. The van der Waals surface area contributed by atoms with Crippen LogP contribution < -0.4 is 4.74 Å². The topological polar surface area (TPSA) is 57.2 Å². The third-order valence-electron chi connectivity index (χ3n) is 5.37. The first-order chi connectivity index (χ1) is 11.8. The van der Waals surface area contributed by atoms with Crippen molar-refractivity contribution in [3.05, 3.63) is 29.8 Å². The van der Waals surface area contributed by atoms with Crippen LogP contribution in [-0.4, -0.2) is 43.7 Å². The summed E-state index contributed by atoms with van der Waals surface area (Å²) >= 11 is 0. The third-order valence-corrected chi connectivity index (χ3v) is 5.37. The molecule has 2 unspecified atom stereocenters. The maximum absolute atomic E-state index is 12.2. The van der Waals surface area contributed by atoms with E-state index >= 15 is 0 Å². The molecule has 0 aliphatic carbocycles. The third kappa shape index (κ3) is 2.63. The van der Waals surface area contributed by atoms with Gasteiger partial charge in [0.2, 0.25) is 5.91 Å². The SMILES string of the molecule is COc1cccc(C2(OC)OOC2(CN2CCCC2=O)C(C)(C)C)c1. The van der Waals surface area contributed by atoms with E-state index in [-0.39, 0.29) is 11.3 Å². The van der Waals surface area contributed by atoms with Crippen LogP contribution in [0.25, 0.3) is 0 Å². The summed E-state index contributed by atoms with van der Waals surface area (Å²) in [4.78, 5) is 25.5. The lowest BCUT2D eigenvalue weighted by Gasteiger charge is -2.61. The van der Waals surface area contributed by atoms with Crippen LogP contribution in [0.3, 0.4) is 0 Å². The first kappa shape index (κ1) is 18.2. The smallest absolute Gasteiger partial charge is 0.262 e. The van der Waals surface area contributed by atoms with E-state index in [4.69, 9.17) is 19.2 Å². The van der Waals surface area contributed by atoms with E-state index in [1.54, 1.807) is 14.2 Å². The van der Waals surface area contributed by atoms with Crippen LogP contribution in [0.2, 0.25) is 0 Å². The van der Waals surface area contributed by atoms with E-state index in [1.807, 2.05) is 29.2 Å². The highest BCUT2D eigenvalue weighted by Crippen LogP contribution is 2.58. The highest BCUT2D eigenvalue weighted by Gasteiger charge is 2.72. The first-order valence-electron chi connectivity index (χ1n) is 8.64. The molecular formula is C19H27NO5. The molecule has 2 aliphatic rings. The lowest BCUT2D eigenvalue weighted by molar-refractivity contribution is -0.634. The van der Waals surface area contributed by atoms with Gasteiger partial charge in [0.05, 0.1) is 13.7 Å². The molecule has 2 atom stereocenters. The monoisotopic (exact) mass is 349 g/mol. The number of amides is 1. The van der Waals surface area contributed by atoms with Crippen LogP contribution in [0.1, 0.15) is 39.2 Å². The Hall–Kier alpha value is -1.63. The molecule has 2 saturated heterocycles. The van der Waals surface area contributed by atoms with E-state index in [2.05, 4.69) is 20.8 Å². The van der Waals surface area contributed by atoms with Gasteiger partial charge in [0.1, 0.15) is 5.75 Å². The Morgan fingerprint density at radius 1 is 1.24 bits per heavy atom. The molecule has 3 rings (SSSR count). The van der Waals surface area contributed by atoms with Crippen molar-refractivity contribution in [1.82, 2.24) is 4.90 Å². The number of carbonyl (C=O) groups is 1. The molecule has 138 valence electrons. The second-order valence-electron chi connectivity index (χ2n) is 7.72. The molecule has 0 aromatic heterocycles. The Bertz CT molecular complexity index is 651. The summed E-state index contributed by atoms with van der Waals surface area (Å²) in [6.45, 7) is 7.37. The second-order valence-corrected chi connectivity index (χ2v) is 7.72. The predicted octanol–water partition coefficient (Wildman–Crippen LogP) is 2.86. The number of nitrogens with zero attached hydrogens (tertiary/aromatic N) is 1. The van der Waals surface area contributed by atoms with Gasteiger partial charge < -0.3 is 14.4 Å². The largest absolute Gasteiger partial charge is 0.497 e. The number of ether oxygens (including phenoxy) is 2. The fourth-order valence-corrected chi connectivity index (χ4v) is 3.77. The van der Waals surface area contributed by atoms with Crippen LogP contribution in [0.5, 0.6) is 5.75 Å². The van der Waals surface area contributed by atoms with E-state index in [0.717, 1.165) is 18.5 Å². The molecule has 1 aromatic carbocycles. The number of benzene rings is 1. The van der Waals surface area contributed by atoms with Crippen molar-refractivity contribution >= 4 is 5.91 Å². The van der Waals surface area contributed by atoms with Gasteiger partial charge in [-0.25, -0.2) is 4.89 Å². The Morgan fingerprint density at radius 3 is 2.48 bits per heavy atom. The second kappa shape index (κ2) is 6.27. The van der Waals surface area contributed by atoms with Gasteiger partial charge in [-0.05, 0) is 18.6 Å². The van der Waals surface area contributed by atoms with Gasteiger partial charge in [0, 0.05) is 31.1 Å². The van der Waals surface area contributed by atoms with Gasteiger partial charge in [-0.3, -0.25) is 4.79 Å². The van der Waals surface area contributed by atoms with Crippen LogP contribution in [-0.2, 0) is 25.1 Å². The highest BCUT2D eigenvalue weighted by molar-refractivity contribution is 5.78. The summed E-state index contributed by atoms with van der Waals surface area (Å²) < 4.78 is 11.3. The Balaban J connectivity index is 2.05. The predicted molar refractivity (Wildman–Crippen MR) is 91.9 cm³/mol. The van der Waals surface area contributed by atoms with Crippen molar-refractivity contribution in [3.8, 4) is 5.75 Å². The molecule has 0 saturated carbocycles. The summed E-state index contributed by atoms with van der Waals surface area (Å²) in [5.41, 5.74) is -0.365. The van der Waals surface area contributed by atoms with E-state index in [1.165, 1.54) is 0 Å². The number of carbonyl (C=O) groups excluding carboxylic acids is 1. The van der Waals surface area contributed by atoms with Gasteiger partial charge in [0.15, 0.2) is 5.60 Å². The molecule has 0 spiro atoms. The molecule has 2 aliphatic heterocycles. The van der Waals surface area contributed by atoms with Crippen LogP contribution in [0.4, 0.5) is 0 Å². The Labute approximate surface area is 148 Å². The molecular weight excluding hydrogens is 322 g/mol. The molecule has 0 radical (unpaired) electrons. The highest BCUT2D eigenvalue weighted by atomic mass is 17.3. The zero-order valence-electron chi connectivity index (χ0n) is 15.6. The van der Waals surface area contributed by atoms with Crippen molar-refractivity contribution in [1.29, 1.82) is 0 Å². The molecule has 25 heavy (non-hydrogen) atoms. The van der Waals surface area contributed by atoms with Crippen LogP contribution in [0.15, 0.2) is 24.3 Å². The Morgan fingerprint density at radius 2 is 2.00 bits per heavy atom. The zero-order valence-corrected chi connectivity index (χ0v) is 15.6. The number of likely N-dealkylation sites (tertiary alicyclic amines) is 1. The van der Waals surface area contributed by atoms with E-state index in [9.17, 15) is 4.79 Å². The van der Waals surface area contributed by atoms with Crippen LogP contribution in [0, 0.1) is 5.41 Å². The Kier molecular flexibility index (Phi) is 4.56. The number of methoxy groups -OCH3 is 2. The molecule has 6 nitrogen and oxygen atoms in total. The summed E-state index contributed by atoms with van der Waals surface area (Å²) in [7, 11) is 3.23. The number of hydrogen-bond donors (Lipinski definition) is 0. The maximum Gasteiger partial charge on any atom is 0.262 e. The van der Waals surface area contributed by atoms with Gasteiger partial charge in [-0.2, -0.15) is 4.89 Å². The first-order valence-corrected chi connectivity index (χ1v) is 8.64. The average Bonchev–Trinajstić information content (AvgIpc) is 2.96.